The summed E-state index contributed by atoms with van der Waals surface area (Å²) in [5.41, 5.74) is 3.51. The number of hydrogen-bond acceptors (Lipinski definition) is 3. The van der Waals surface area contributed by atoms with E-state index in [1.54, 1.807) is 54.6 Å². The Morgan fingerprint density at radius 2 is 1.55 bits per heavy atom. The number of amides is 2. The second-order valence-corrected chi connectivity index (χ2v) is 7.41. The summed E-state index contributed by atoms with van der Waals surface area (Å²) < 4.78 is 5.69. The van der Waals surface area contributed by atoms with E-state index < -0.39 is 0 Å². The lowest BCUT2D eigenvalue weighted by molar-refractivity contribution is 0.0995. The van der Waals surface area contributed by atoms with Crippen LogP contribution in [0.4, 0.5) is 11.4 Å². The quantitative estimate of drug-likeness (QED) is 0.384. The zero-order valence-electron chi connectivity index (χ0n) is 16.7. The Balaban J connectivity index is 1.44. The minimum Gasteiger partial charge on any atom is -0.451 e. The number of furan rings is 1. The van der Waals surface area contributed by atoms with Crippen molar-refractivity contribution < 1.29 is 14.0 Å². The molecule has 2 amide bonds. The van der Waals surface area contributed by atoms with Gasteiger partial charge >= 0.3 is 0 Å². The zero-order valence-corrected chi connectivity index (χ0v) is 17.4. The van der Waals surface area contributed by atoms with Gasteiger partial charge in [0.25, 0.3) is 11.8 Å². The van der Waals surface area contributed by atoms with E-state index in [0.29, 0.717) is 27.7 Å². The van der Waals surface area contributed by atoms with Crippen LogP contribution >= 0.6 is 11.6 Å². The number of carbonyl (C=O) groups excluding carboxylic acids is 2. The molecule has 0 bridgehead atoms. The van der Waals surface area contributed by atoms with E-state index >= 15 is 0 Å². The molecule has 0 aliphatic heterocycles. The van der Waals surface area contributed by atoms with Crippen molar-refractivity contribution in [2.45, 2.75) is 6.92 Å². The van der Waals surface area contributed by atoms with E-state index in [4.69, 9.17) is 16.0 Å². The van der Waals surface area contributed by atoms with Crippen molar-refractivity contribution in [1.82, 2.24) is 0 Å². The molecule has 0 unspecified atom stereocenters. The lowest BCUT2D eigenvalue weighted by Crippen LogP contribution is -2.14. The maximum atomic E-state index is 12.6. The lowest BCUT2D eigenvalue weighted by atomic mass is 10.1. The molecule has 154 valence electrons. The van der Waals surface area contributed by atoms with Crippen LogP contribution in [0.5, 0.6) is 0 Å². The number of hydrogen-bond donors (Lipinski definition) is 2. The monoisotopic (exact) mass is 430 g/mol. The first kappa shape index (κ1) is 20.4. The summed E-state index contributed by atoms with van der Waals surface area (Å²) in [5, 5.41) is 6.33. The first-order valence-electron chi connectivity index (χ1n) is 9.64. The molecule has 4 rings (SSSR count). The summed E-state index contributed by atoms with van der Waals surface area (Å²) in [4.78, 5) is 24.9. The maximum absolute atomic E-state index is 12.6. The highest BCUT2D eigenvalue weighted by molar-refractivity contribution is 6.30. The highest BCUT2D eigenvalue weighted by atomic mass is 35.5. The van der Waals surface area contributed by atoms with Gasteiger partial charge in [-0.05, 0) is 79.2 Å². The Morgan fingerprint density at radius 1 is 0.806 bits per heavy atom. The Kier molecular flexibility index (Phi) is 5.87. The summed E-state index contributed by atoms with van der Waals surface area (Å²) in [6.45, 7) is 1.86. The molecule has 0 atom stereocenters. The van der Waals surface area contributed by atoms with Gasteiger partial charge in [-0.25, -0.2) is 0 Å². The second-order valence-electron chi connectivity index (χ2n) is 6.97. The molecule has 5 nitrogen and oxygen atoms in total. The highest BCUT2D eigenvalue weighted by Gasteiger charge is 2.14. The number of aryl methyl sites for hydroxylation is 1. The van der Waals surface area contributed by atoms with Gasteiger partial charge in [-0.3, -0.25) is 9.59 Å². The van der Waals surface area contributed by atoms with Crippen molar-refractivity contribution in [3.63, 3.8) is 0 Å². The van der Waals surface area contributed by atoms with Crippen LogP contribution in [0.2, 0.25) is 5.02 Å². The van der Waals surface area contributed by atoms with Gasteiger partial charge in [-0.15, -0.1) is 0 Å². The van der Waals surface area contributed by atoms with Crippen molar-refractivity contribution in [1.29, 1.82) is 0 Å². The minimum absolute atomic E-state index is 0.189. The van der Waals surface area contributed by atoms with E-state index in [-0.39, 0.29) is 17.6 Å². The van der Waals surface area contributed by atoms with Crippen LogP contribution in [0.15, 0.2) is 89.3 Å². The van der Waals surface area contributed by atoms with Gasteiger partial charge in [-0.2, -0.15) is 0 Å². The maximum Gasteiger partial charge on any atom is 0.291 e. The third kappa shape index (κ3) is 4.85. The third-order valence-electron chi connectivity index (χ3n) is 4.73. The molecule has 4 aromatic rings. The minimum atomic E-state index is -0.360. The van der Waals surface area contributed by atoms with Gasteiger partial charge < -0.3 is 15.1 Å². The van der Waals surface area contributed by atoms with Gasteiger partial charge in [0, 0.05) is 27.5 Å². The molecular formula is C25H19ClN2O3. The van der Waals surface area contributed by atoms with Gasteiger partial charge in [-0.1, -0.05) is 29.8 Å². The zero-order chi connectivity index (χ0) is 21.8. The number of anilines is 2. The molecule has 2 N–H and O–H groups in total. The fourth-order valence-corrected chi connectivity index (χ4v) is 3.21. The van der Waals surface area contributed by atoms with Crippen molar-refractivity contribution in [2.24, 2.45) is 0 Å². The molecule has 0 saturated heterocycles. The SMILES string of the molecule is Cc1cc(NC(=O)c2ccc(-c3ccc(Cl)cc3)o2)ccc1NC(=O)c1ccccc1. The molecule has 0 aliphatic rings. The van der Waals surface area contributed by atoms with Gasteiger partial charge in [0.2, 0.25) is 0 Å². The summed E-state index contributed by atoms with van der Waals surface area (Å²) in [7, 11) is 0. The Hall–Kier alpha value is -3.83. The van der Waals surface area contributed by atoms with Gasteiger partial charge in [0.05, 0.1) is 0 Å². The van der Waals surface area contributed by atoms with E-state index in [9.17, 15) is 9.59 Å². The van der Waals surface area contributed by atoms with Crippen LogP contribution in [0, 0.1) is 6.92 Å². The summed E-state index contributed by atoms with van der Waals surface area (Å²) in [6.07, 6.45) is 0. The van der Waals surface area contributed by atoms with Crippen LogP contribution in [0.25, 0.3) is 11.3 Å². The predicted octanol–water partition coefficient (Wildman–Crippen LogP) is 6.41. The summed E-state index contributed by atoms with van der Waals surface area (Å²) in [6, 6.07) is 24.8. The molecule has 1 aromatic heterocycles. The van der Waals surface area contributed by atoms with Crippen molar-refractivity contribution in [3.8, 4) is 11.3 Å². The normalized spacial score (nSPS) is 10.5. The molecule has 6 heteroatoms. The molecule has 31 heavy (non-hydrogen) atoms. The highest BCUT2D eigenvalue weighted by Crippen LogP contribution is 2.25. The Bertz CT molecular complexity index is 1230. The number of halogens is 1. The van der Waals surface area contributed by atoms with Crippen LogP contribution in [-0.2, 0) is 0 Å². The van der Waals surface area contributed by atoms with Gasteiger partial charge in [0.15, 0.2) is 5.76 Å². The first-order chi connectivity index (χ1) is 15.0. The smallest absolute Gasteiger partial charge is 0.291 e. The largest absolute Gasteiger partial charge is 0.451 e. The van der Waals surface area contributed by atoms with Crippen LogP contribution in [0.1, 0.15) is 26.5 Å². The number of rotatable bonds is 5. The van der Waals surface area contributed by atoms with E-state index in [0.717, 1.165) is 11.1 Å². The predicted molar refractivity (Wildman–Crippen MR) is 123 cm³/mol. The Morgan fingerprint density at radius 3 is 2.26 bits per heavy atom. The van der Waals surface area contributed by atoms with E-state index in [2.05, 4.69) is 10.6 Å². The Labute approximate surface area is 184 Å². The fraction of sp³-hybridized carbons (Fsp3) is 0.0400. The van der Waals surface area contributed by atoms with Gasteiger partial charge in [0.1, 0.15) is 5.76 Å². The topological polar surface area (TPSA) is 71.3 Å². The van der Waals surface area contributed by atoms with Crippen LogP contribution in [-0.4, -0.2) is 11.8 Å². The standard InChI is InChI=1S/C25H19ClN2O3/c1-16-15-20(11-12-21(16)28-24(29)18-5-3-2-4-6-18)27-25(30)23-14-13-22(31-23)17-7-9-19(26)10-8-17/h2-15H,1H3,(H,27,30)(H,28,29). The third-order valence-corrected chi connectivity index (χ3v) is 4.98. The van der Waals surface area contributed by atoms with Crippen molar-refractivity contribution >= 4 is 34.8 Å². The molecule has 0 radical (unpaired) electrons. The molecule has 3 aromatic carbocycles. The fourth-order valence-electron chi connectivity index (χ4n) is 3.09. The number of nitrogens with one attached hydrogen (secondary N) is 2. The average molecular weight is 431 g/mol. The molecular weight excluding hydrogens is 412 g/mol. The van der Waals surface area contributed by atoms with Crippen molar-refractivity contribution in [3.05, 3.63) is 107 Å². The molecule has 0 saturated carbocycles. The van der Waals surface area contributed by atoms with Crippen LogP contribution < -0.4 is 10.6 Å². The van der Waals surface area contributed by atoms with Crippen molar-refractivity contribution in [2.75, 3.05) is 10.6 Å². The lowest BCUT2D eigenvalue weighted by Gasteiger charge is -2.11. The number of benzene rings is 3. The average Bonchev–Trinajstić information content (AvgIpc) is 3.27. The molecule has 0 aliphatic carbocycles. The molecule has 0 fully saturated rings. The summed E-state index contributed by atoms with van der Waals surface area (Å²) in [5.74, 6) is 0.229. The van der Waals surface area contributed by atoms with E-state index in [1.165, 1.54) is 0 Å². The summed E-state index contributed by atoms with van der Waals surface area (Å²) >= 11 is 5.91. The van der Waals surface area contributed by atoms with Crippen LogP contribution in [0.3, 0.4) is 0 Å². The molecule has 0 spiro atoms. The molecule has 1 heterocycles. The second kappa shape index (κ2) is 8.90. The first-order valence-corrected chi connectivity index (χ1v) is 10.0. The van der Waals surface area contributed by atoms with E-state index in [1.807, 2.05) is 37.3 Å². The number of carbonyl (C=O) groups is 2.